The summed E-state index contributed by atoms with van der Waals surface area (Å²) in [6.07, 6.45) is 0.960. The Morgan fingerprint density at radius 3 is 2.61 bits per heavy atom. The van der Waals surface area contributed by atoms with Gasteiger partial charge in [-0.1, -0.05) is 0 Å². The third-order valence-corrected chi connectivity index (χ3v) is 5.81. The number of hydrogen-bond acceptors (Lipinski definition) is 6. The second-order valence-electron chi connectivity index (χ2n) is 7.48. The first-order chi connectivity index (χ1) is 15.0. The van der Waals surface area contributed by atoms with E-state index in [-0.39, 0.29) is 5.56 Å². The minimum atomic E-state index is -0.128. The first-order valence-corrected chi connectivity index (χ1v) is 11.1. The normalized spacial score (nSPS) is 14.4. The van der Waals surface area contributed by atoms with Gasteiger partial charge in [0.2, 0.25) is 0 Å². The molecule has 2 heterocycles. The topological polar surface area (TPSA) is 79.1 Å². The molecular formula is C22H32N4O4S. The molecule has 1 aromatic heterocycles. The van der Waals surface area contributed by atoms with E-state index in [0.717, 1.165) is 57.7 Å². The van der Waals surface area contributed by atoms with E-state index >= 15 is 0 Å². The maximum absolute atomic E-state index is 12.8. The Hall–Kier alpha value is -2.36. The minimum absolute atomic E-state index is 0.128. The van der Waals surface area contributed by atoms with Gasteiger partial charge in [0.05, 0.1) is 39.5 Å². The van der Waals surface area contributed by atoms with Crippen LogP contribution in [0.15, 0.2) is 23.0 Å². The average Bonchev–Trinajstić information content (AvgIpc) is 2.78. The fourth-order valence-electron chi connectivity index (χ4n) is 3.73. The Bertz CT molecular complexity index is 943. The number of nitrogens with zero attached hydrogens (tertiary/aromatic N) is 2. The highest BCUT2D eigenvalue weighted by molar-refractivity contribution is 7.80. The molecule has 1 aromatic carbocycles. The molecule has 0 radical (unpaired) electrons. The maximum atomic E-state index is 12.8. The summed E-state index contributed by atoms with van der Waals surface area (Å²) in [5, 5.41) is 4.77. The Kier molecular flexibility index (Phi) is 8.51. The van der Waals surface area contributed by atoms with Crippen molar-refractivity contribution in [2.75, 3.05) is 60.2 Å². The number of hydrogen-bond donors (Lipinski definition) is 2. The molecular weight excluding hydrogens is 416 g/mol. The number of H-pyrrole nitrogens is 1. The number of pyridine rings is 1. The summed E-state index contributed by atoms with van der Waals surface area (Å²) >= 11 is 5.59. The van der Waals surface area contributed by atoms with Crippen molar-refractivity contribution in [1.82, 2.24) is 20.1 Å². The highest BCUT2D eigenvalue weighted by Gasteiger charge is 2.16. The Labute approximate surface area is 188 Å². The van der Waals surface area contributed by atoms with Crippen molar-refractivity contribution in [3.8, 4) is 11.5 Å². The summed E-state index contributed by atoms with van der Waals surface area (Å²) in [6, 6.07) is 5.56. The molecule has 1 saturated heterocycles. The highest BCUT2D eigenvalue weighted by Crippen LogP contribution is 2.31. The van der Waals surface area contributed by atoms with Crippen molar-refractivity contribution < 1.29 is 14.2 Å². The van der Waals surface area contributed by atoms with E-state index in [2.05, 4.69) is 20.1 Å². The molecule has 0 atom stereocenters. The number of methoxy groups -OCH3 is 2. The number of benzene rings is 1. The van der Waals surface area contributed by atoms with E-state index in [1.54, 1.807) is 20.3 Å². The van der Waals surface area contributed by atoms with Crippen molar-refractivity contribution >= 4 is 28.2 Å². The molecule has 0 unspecified atom stereocenters. The smallest absolute Gasteiger partial charge is 0.253 e. The first-order valence-electron chi connectivity index (χ1n) is 10.7. The van der Waals surface area contributed by atoms with Crippen LogP contribution in [0.1, 0.15) is 18.9 Å². The Morgan fingerprint density at radius 2 is 1.94 bits per heavy atom. The zero-order chi connectivity index (χ0) is 22.2. The van der Waals surface area contributed by atoms with Crippen LogP contribution in [0, 0.1) is 0 Å². The number of ether oxygens (including phenoxy) is 3. The second-order valence-corrected chi connectivity index (χ2v) is 7.87. The molecule has 1 aliphatic heterocycles. The molecule has 2 N–H and O–H groups in total. The van der Waals surface area contributed by atoms with Crippen LogP contribution in [0.4, 0.5) is 0 Å². The minimum Gasteiger partial charge on any atom is -0.493 e. The third-order valence-electron chi connectivity index (χ3n) is 5.41. The van der Waals surface area contributed by atoms with Crippen LogP contribution in [0.25, 0.3) is 10.9 Å². The molecule has 170 valence electrons. The lowest BCUT2D eigenvalue weighted by Gasteiger charge is -2.29. The lowest BCUT2D eigenvalue weighted by molar-refractivity contribution is 0.0367. The molecule has 1 aliphatic rings. The van der Waals surface area contributed by atoms with Gasteiger partial charge in [0.15, 0.2) is 16.6 Å². The monoisotopic (exact) mass is 448 g/mol. The lowest BCUT2D eigenvalue weighted by atomic mass is 10.1. The van der Waals surface area contributed by atoms with E-state index in [4.69, 9.17) is 26.4 Å². The summed E-state index contributed by atoms with van der Waals surface area (Å²) in [4.78, 5) is 20.2. The predicted molar refractivity (Wildman–Crippen MR) is 126 cm³/mol. The molecule has 1 fully saturated rings. The molecule has 2 aromatic rings. The van der Waals surface area contributed by atoms with Crippen molar-refractivity contribution in [1.29, 1.82) is 0 Å². The largest absolute Gasteiger partial charge is 0.493 e. The molecule has 31 heavy (non-hydrogen) atoms. The van der Waals surface area contributed by atoms with Crippen molar-refractivity contribution in [2.24, 2.45) is 0 Å². The first kappa shape index (κ1) is 23.3. The summed E-state index contributed by atoms with van der Waals surface area (Å²) in [5.41, 5.74) is 1.24. The van der Waals surface area contributed by atoms with Gasteiger partial charge < -0.3 is 29.4 Å². The highest BCUT2D eigenvalue weighted by atomic mass is 32.1. The van der Waals surface area contributed by atoms with E-state index in [1.807, 2.05) is 19.1 Å². The van der Waals surface area contributed by atoms with Crippen molar-refractivity contribution in [2.45, 2.75) is 19.9 Å². The van der Waals surface area contributed by atoms with Gasteiger partial charge in [-0.05, 0) is 37.7 Å². The number of rotatable bonds is 9. The fraction of sp³-hybridized carbons (Fsp3) is 0.545. The van der Waals surface area contributed by atoms with Crippen LogP contribution in [0.5, 0.6) is 11.5 Å². The van der Waals surface area contributed by atoms with Crippen molar-refractivity contribution in [3.63, 3.8) is 0 Å². The van der Waals surface area contributed by atoms with Gasteiger partial charge in [-0.25, -0.2) is 0 Å². The van der Waals surface area contributed by atoms with E-state index in [9.17, 15) is 4.79 Å². The molecule has 0 spiro atoms. The SMILES string of the molecule is CCNC(=S)N(CCCN1CCOCC1)Cc1cc2cc(OC)c(OC)cc2[nH]c1=O. The van der Waals surface area contributed by atoms with Gasteiger partial charge in [-0.15, -0.1) is 0 Å². The fourth-order valence-corrected chi connectivity index (χ4v) is 4.03. The number of morpholine rings is 1. The maximum Gasteiger partial charge on any atom is 0.253 e. The Morgan fingerprint density at radius 1 is 1.23 bits per heavy atom. The van der Waals surface area contributed by atoms with Gasteiger partial charge >= 0.3 is 0 Å². The number of aromatic nitrogens is 1. The lowest BCUT2D eigenvalue weighted by Crippen LogP contribution is -2.42. The summed E-state index contributed by atoms with van der Waals surface area (Å²) < 4.78 is 16.2. The van der Waals surface area contributed by atoms with Crippen LogP contribution in [-0.2, 0) is 11.3 Å². The van der Waals surface area contributed by atoms with Crippen LogP contribution in [0.3, 0.4) is 0 Å². The average molecular weight is 449 g/mol. The van der Waals surface area contributed by atoms with Gasteiger partial charge in [0.1, 0.15) is 0 Å². The second kappa shape index (κ2) is 11.3. The molecule has 0 saturated carbocycles. The summed E-state index contributed by atoms with van der Waals surface area (Å²) in [5.74, 6) is 1.20. The van der Waals surface area contributed by atoms with Gasteiger partial charge in [0, 0.05) is 49.7 Å². The Balaban J connectivity index is 1.77. The van der Waals surface area contributed by atoms with E-state index in [1.165, 1.54) is 0 Å². The zero-order valence-electron chi connectivity index (χ0n) is 18.5. The van der Waals surface area contributed by atoms with Crippen LogP contribution < -0.4 is 20.3 Å². The van der Waals surface area contributed by atoms with Gasteiger partial charge in [-0.3, -0.25) is 9.69 Å². The number of thiocarbonyl (C=S) groups is 1. The molecule has 0 bridgehead atoms. The molecule has 8 nitrogen and oxygen atoms in total. The third kappa shape index (κ3) is 6.09. The van der Waals surface area contributed by atoms with Crippen LogP contribution in [0.2, 0.25) is 0 Å². The number of aromatic amines is 1. The van der Waals surface area contributed by atoms with Gasteiger partial charge in [-0.2, -0.15) is 0 Å². The van der Waals surface area contributed by atoms with Crippen molar-refractivity contribution in [3.05, 3.63) is 34.1 Å². The van der Waals surface area contributed by atoms with E-state index in [0.29, 0.717) is 34.2 Å². The standard InChI is InChI=1S/C22H32N4O4S/c1-4-23-22(31)26(7-5-6-25-8-10-30-11-9-25)15-17-12-16-13-19(28-2)20(29-3)14-18(16)24-21(17)27/h12-14H,4-11,15H2,1-3H3,(H,23,31)(H,24,27). The zero-order valence-corrected chi connectivity index (χ0v) is 19.3. The van der Waals surface area contributed by atoms with E-state index < -0.39 is 0 Å². The number of fused-ring (bicyclic) bond motifs is 1. The molecule has 0 amide bonds. The molecule has 3 rings (SSSR count). The summed E-state index contributed by atoms with van der Waals surface area (Å²) in [6.45, 7) is 8.46. The van der Waals surface area contributed by atoms with Gasteiger partial charge in [0.25, 0.3) is 5.56 Å². The predicted octanol–water partition coefficient (Wildman–Crippen LogP) is 1.96. The van der Waals surface area contributed by atoms with Crippen LogP contribution >= 0.6 is 12.2 Å². The molecule has 0 aliphatic carbocycles. The quantitative estimate of drug-likeness (QED) is 0.564. The van der Waals surface area contributed by atoms with Crippen LogP contribution in [-0.4, -0.2) is 80.1 Å². The number of nitrogens with one attached hydrogen (secondary N) is 2. The molecule has 9 heteroatoms. The summed E-state index contributed by atoms with van der Waals surface area (Å²) in [7, 11) is 3.17.